The number of hydrogen-bond donors (Lipinski definition) is 3. The highest BCUT2D eigenvalue weighted by Gasteiger charge is 2.14. The highest BCUT2D eigenvalue weighted by Crippen LogP contribution is 2.13. The second kappa shape index (κ2) is 7.44. The van der Waals surface area contributed by atoms with Gasteiger partial charge in [0.2, 0.25) is 0 Å². The van der Waals surface area contributed by atoms with Gasteiger partial charge in [0.1, 0.15) is 11.6 Å². The van der Waals surface area contributed by atoms with E-state index in [-0.39, 0.29) is 18.6 Å². The Morgan fingerprint density at radius 2 is 2.19 bits per heavy atom. The topological polar surface area (TPSA) is 93.0 Å². The van der Waals surface area contributed by atoms with Crippen LogP contribution in [-0.4, -0.2) is 22.5 Å². The molecule has 112 valence electrons. The Hall–Kier alpha value is -2.34. The fourth-order valence-electron chi connectivity index (χ4n) is 1.94. The van der Waals surface area contributed by atoms with Gasteiger partial charge < -0.3 is 20.8 Å². The molecule has 1 aromatic heterocycles. The lowest BCUT2D eigenvalue weighted by Gasteiger charge is -2.15. The average molecular weight is 288 g/mol. The first-order valence-corrected chi connectivity index (χ1v) is 6.93. The summed E-state index contributed by atoms with van der Waals surface area (Å²) in [5, 5.41) is 2.88. The molecular formula is C15H20N4O2. The van der Waals surface area contributed by atoms with Crippen LogP contribution in [0, 0.1) is 0 Å². The molecule has 2 aromatic rings. The predicted octanol–water partition coefficient (Wildman–Crippen LogP) is 1.51. The number of aromatic nitrogens is 2. The van der Waals surface area contributed by atoms with Crippen molar-refractivity contribution in [2.24, 2.45) is 5.73 Å². The summed E-state index contributed by atoms with van der Waals surface area (Å²) in [5.74, 6) is 1.22. The van der Waals surface area contributed by atoms with Gasteiger partial charge in [0.05, 0.1) is 6.04 Å². The van der Waals surface area contributed by atoms with Crippen LogP contribution in [0.1, 0.15) is 30.8 Å². The van der Waals surface area contributed by atoms with Crippen LogP contribution in [0.3, 0.4) is 0 Å². The number of nitrogens with zero attached hydrogens (tertiary/aromatic N) is 1. The van der Waals surface area contributed by atoms with Gasteiger partial charge in [-0.3, -0.25) is 4.79 Å². The zero-order valence-corrected chi connectivity index (χ0v) is 12.0. The number of imidazole rings is 1. The number of carbonyl (C=O) groups is 1. The number of benzene rings is 1. The van der Waals surface area contributed by atoms with Gasteiger partial charge in [0.15, 0.2) is 6.61 Å². The maximum absolute atomic E-state index is 11.9. The van der Waals surface area contributed by atoms with Crippen molar-refractivity contribution in [3.05, 3.63) is 48.0 Å². The first kappa shape index (κ1) is 15.1. The number of amides is 1. The zero-order chi connectivity index (χ0) is 15.1. The van der Waals surface area contributed by atoms with Gasteiger partial charge in [-0.1, -0.05) is 19.1 Å². The summed E-state index contributed by atoms with van der Waals surface area (Å²) < 4.78 is 5.45. The number of carbonyl (C=O) groups excluding carboxylic acids is 1. The Morgan fingerprint density at radius 1 is 1.43 bits per heavy atom. The number of hydrogen-bond acceptors (Lipinski definition) is 4. The largest absolute Gasteiger partial charge is 0.484 e. The summed E-state index contributed by atoms with van der Waals surface area (Å²) in [5.41, 5.74) is 6.55. The molecule has 0 aliphatic rings. The molecule has 1 atom stereocenters. The van der Waals surface area contributed by atoms with Crippen LogP contribution in [-0.2, 0) is 11.3 Å². The monoisotopic (exact) mass is 288 g/mol. The molecule has 0 saturated heterocycles. The van der Waals surface area contributed by atoms with Gasteiger partial charge >= 0.3 is 0 Å². The van der Waals surface area contributed by atoms with Crippen LogP contribution in [0.2, 0.25) is 0 Å². The third-order valence-corrected chi connectivity index (χ3v) is 3.12. The van der Waals surface area contributed by atoms with Gasteiger partial charge in [-0.15, -0.1) is 0 Å². The molecule has 1 heterocycles. The summed E-state index contributed by atoms with van der Waals surface area (Å²) in [7, 11) is 0. The number of aromatic amines is 1. The standard InChI is InChI=1S/C15H20N4O2/c1-2-13(15-17-7-8-18-15)19-14(20)10-21-12-5-3-11(9-16)4-6-12/h3-8,13H,2,9-10,16H2,1H3,(H,17,18)(H,19,20). The Morgan fingerprint density at radius 3 is 2.76 bits per heavy atom. The van der Waals surface area contributed by atoms with Gasteiger partial charge in [0, 0.05) is 18.9 Å². The number of rotatable bonds is 7. The molecule has 2 rings (SSSR count). The minimum absolute atomic E-state index is 0.0286. The minimum atomic E-state index is -0.179. The summed E-state index contributed by atoms with van der Waals surface area (Å²) in [6.45, 7) is 2.45. The van der Waals surface area contributed by atoms with Crippen LogP contribution in [0.25, 0.3) is 0 Å². The van der Waals surface area contributed by atoms with Gasteiger partial charge in [-0.25, -0.2) is 4.98 Å². The van der Waals surface area contributed by atoms with Crippen LogP contribution in [0.4, 0.5) is 0 Å². The minimum Gasteiger partial charge on any atom is -0.484 e. The molecule has 1 aromatic carbocycles. The Bertz CT molecular complexity index is 552. The fraction of sp³-hybridized carbons (Fsp3) is 0.333. The maximum Gasteiger partial charge on any atom is 0.258 e. The molecule has 0 radical (unpaired) electrons. The van der Waals surface area contributed by atoms with Crippen molar-refractivity contribution in [3.63, 3.8) is 0 Å². The number of H-pyrrole nitrogens is 1. The van der Waals surface area contributed by atoms with E-state index in [1.54, 1.807) is 24.5 Å². The van der Waals surface area contributed by atoms with E-state index in [0.717, 1.165) is 17.8 Å². The van der Waals surface area contributed by atoms with E-state index in [1.807, 2.05) is 19.1 Å². The zero-order valence-electron chi connectivity index (χ0n) is 12.0. The van der Waals surface area contributed by atoms with E-state index in [1.165, 1.54) is 0 Å². The molecule has 0 spiro atoms. The highest BCUT2D eigenvalue weighted by molar-refractivity contribution is 5.77. The molecule has 0 saturated carbocycles. The SMILES string of the molecule is CCC(NC(=O)COc1ccc(CN)cc1)c1ncc[nH]1. The molecule has 0 bridgehead atoms. The molecule has 0 aliphatic carbocycles. The van der Waals surface area contributed by atoms with E-state index in [2.05, 4.69) is 15.3 Å². The Labute approximate surface area is 123 Å². The first-order valence-electron chi connectivity index (χ1n) is 6.93. The number of nitrogens with two attached hydrogens (primary N) is 1. The smallest absolute Gasteiger partial charge is 0.258 e. The predicted molar refractivity (Wildman–Crippen MR) is 79.6 cm³/mol. The quantitative estimate of drug-likeness (QED) is 0.720. The summed E-state index contributed by atoms with van der Waals surface area (Å²) >= 11 is 0. The second-order valence-corrected chi connectivity index (χ2v) is 4.64. The van der Waals surface area contributed by atoms with E-state index >= 15 is 0 Å². The fourth-order valence-corrected chi connectivity index (χ4v) is 1.94. The van der Waals surface area contributed by atoms with Gasteiger partial charge in [-0.2, -0.15) is 0 Å². The van der Waals surface area contributed by atoms with E-state index < -0.39 is 0 Å². The second-order valence-electron chi connectivity index (χ2n) is 4.64. The average Bonchev–Trinajstić information content (AvgIpc) is 3.05. The molecule has 1 amide bonds. The Kier molecular flexibility index (Phi) is 5.34. The van der Waals surface area contributed by atoms with Crippen molar-refractivity contribution < 1.29 is 9.53 Å². The number of ether oxygens (including phenoxy) is 1. The molecule has 6 nitrogen and oxygen atoms in total. The molecule has 0 aliphatic heterocycles. The van der Waals surface area contributed by atoms with E-state index in [4.69, 9.17) is 10.5 Å². The summed E-state index contributed by atoms with van der Waals surface area (Å²) in [6, 6.07) is 7.24. The lowest BCUT2D eigenvalue weighted by atomic mass is 10.2. The molecular weight excluding hydrogens is 268 g/mol. The van der Waals surface area contributed by atoms with E-state index in [0.29, 0.717) is 12.3 Å². The third kappa shape index (κ3) is 4.32. The van der Waals surface area contributed by atoms with Crippen molar-refractivity contribution in [2.45, 2.75) is 25.9 Å². The molecule has 4 N–H and O–H groups in total. The van der Waals surface area contributed by atoms with Crippen LogP contribution >= 0.6 is 0 Å². The molecule has 0 fully saturated rings. The maximum atomic E-state index is 11.9. The van der Waals surface area contributed by atoms with Crippen molar-refractivity contribution in [2.75, 3.05) is 6.61 Å². The first-order chi connectivity index (χ1) is 10.2. The van der Waals surface area contributed by atoms with Crippen LogP contribution < -0.4 is 15.8 Å². The summed E-state index contributed by atoms with van der Waals surface area (Å²) in [4.78, 5) is 19.1. The van der Waals surface area contributed by atoms with Crippen molar-refractivity contribution in [1.29, 1.82) is 0 Å². The van der Waals surface area contributed by atoms with E-state index in [9.17, 15) is 4.79 Å². The molecule has 21 heavy (non-hydrogen) atoms. The number of nitrogens with one attached hydrogen (secondary N) is 2. The van der Waals surface area contributed by atoms with Crippen LogP contribution in [0.5, 0.6) is 5.75 Å². The Balaban J connectivity index is 1.83. The van der Waals surface area contributed by atoms with Crippen molar-refractivity contribution >= 4 is 5.91 Å². The lowest BCUT2D eigenvalue weighted by Crippen LogP contribution is -2.32. The van der Waals surface area contributed by atoms with Gasteiger partial charge in [0.25, 0.3) is 5.91 Å². The lowest BCUT2D eigenvalue weighted by molar-refractivity contribution is -0.123. The molecule has 1 unspecified atom stereocenters. The van der Waals surface area contributed by atoms with Crippen LogP contribution in [0.15, 0.2) is 36.7 Å². The van der Waals surface area contributed by atoms with Gasteiger partial charge in [-0.05, 0) is 24.1 Å². The molecule has 6 heteroatoms. The van der Waals surface area contributed by atoms with Crippen molar-refractivity contribution in [3.8, 4) is 5.75 Å². The third-order valence-electron chi connectivity index (χ3n) is 3.12. The highest BCUT2D eigenvalue weighted by atomic mass is 16.5. The normalized spacial score (nSPS) is 11.9. The van der Waals surface area contributed by atoms with Crippen molar-refractivity contribution in [1.82, 2.24) is 15.3 Å². The summed E-state index contributed by atoms with van der Waals surface area (Å²) in [6.07, 6.45) is 4.16.